The molecule has 110 valence electrons. The first-order valence-electron chi connectivity index (χ1n) is 7.15. The van der Waals surface area contributed by atoms with Gasteiger partial charge >= 0.3 is 0 Å². The molecule has 1 aliphatic heterocycles. The van der Waals surface area contributed by atoms with Crippen LogP contribution >= 0.6 is 11.8 Å². The summed E-state index contributed by atoms with van der Waals surface area (Å²) in [4.78, 5) is 14.6. The van der Waals surface area contributed by atoms with Gasteiger partial charge in [0.15, 0.2) is 5.78 Å². The molecule has 3 nitrogen and oxygen atoms in total. The Labute approximate surface area is 125 Å². The van der Waals surface area contributed by atoms with Gasteiger partial charge in [-0.05, 0) is 25.5 Å². The Balaban J connectivity index is 1.73. The summed E-state index contributed by atoms with van der Waals surface area (Å²) in [6.07, 6.45) is 0. The van der Waals surface area contributed by atoms with E-state index in [-0.39, 0.29) is 5.78 Å². The molecule has 0 bridgehead atoms. The summed E-state index contributed by atoms with van der Waals surface area (Å²) >= 11 is 1.73. The number of ether oxygens (including phenoxy) is 1. The van der Waals surface area contributed by atoms with E-state index in [2.05, 4.69) is 11.0 Å². The molecule has 0 N–H and O–H groups in total. The lowest BCUT2D eigenvalue weighted by molar-refractivity contribution is 0.0410. The number of nitrogens with zero attached hydrogens (tertiary/aromatic N) is 1. The Morgan fingerprint density at radius 2 is 2.05 bits per heavy atom. The highest BCUT2D eigenvalue weighted by molar-refractivity contribution is 8.00. The van der Waals surface area contributed by atoms with Crippen LogP contribution in [-0.4, -0.2) is 55.0 Å². The Morgan fingerprint density at radius 3 is 2.80 bits per heavy atom. The van der Waals surface area contributed by atoms with Crippen LogP contribution in [0.3, 0.4) is 0 Å². The number of carbonyl (C=O) groups is 1. The van der Waals surface area contributed by atoms with Crippen molar-refractivity contribution in [2.24, 2.45) is 0 Å². The zero-order valence-electron chi connectivity index (χ0n) is 12.4. The van der Waals surface area contributed by atoms with E-state index >= 15 is 0 Å². The molecule has 1 aromatic carbocycles. The quantitative estimate of drug-likeness (QED) is 0.595. The molecule has 4 heteroatoms. The fourth-order valence-electron chi connectivity index (χ4n) is 2.30. The van der Waals surface area contributed by atoms with Crippen LogP contribution in [0, 0.1) is 13.8 Å². The largest absolute Gasteiger partial charge is 0.379 e. The fraction of sp³-hybridized carbons (Fsp3) is 0.562. The van der Waals surface area contributed by atoms with Crippen molar-refractivity contribution in [2.45, 2.75) is 13.8 Å². The van der Waals surface area contributed by atoms with E-state index in [0.29, 0.717) is 5.75 Å². The molecule has 1 aliphatic rings. The monoisotopic (exact) mass is 293 g/mol. The summed E-state index contributed by atoms with van der Waals surface area (Å²) in [6, 6.07) is 6.08. The number of morpholine rings is 1. The number of Topliss-reactive ketones (excluding diaryl/α,β-unsaturated/α-hetero) is 1. The molecule has 0 radical (unpaired) electrons. The molecular weight excluding hydrogens is 270 g/mol. The predicted molar refractivity (Wildman–Crippen MR) is 84.8 cm³/mol. The van der Waals surface area contributed by atoms with Crippen LogP contribution in [0.4, 0.5) is 0 Å². The Bertz CT molecular complexity index is 456. The zero-order chi connectivity index (χ0) is 14.4. The van der Waals surface area contributed by atoms with Crippen molar-refractivity contribution >= 4 is 17.5 Å². The molecule has 0 unspecified atom stereocenters. The number of aryl methyl sites for hydroxylation is 2. The van der Waals surface area contributed by atoms with E-state index < -0.39 is 0 Å². The lowest BCUT2D eigenvalue weighted by Gasteiger charge is -2.26. The van der Waals surface area contributed by atoms with Gasteiger partial charge < -0.3 is 4.74 Å². The topological polar surface area (TPSA) is 29.5 Å². The molecule has 1 heterocycles. The first kappa shape index (κ1) is 15.5. The minimum absolute atomic E-state index is 0.248. The summed E-state index contributed by atoms with van der Waals surface area (Å²) in [5, 5.41) is 0. The van der Waals surface area contributed by atoms with Crippen LogP contribution in [0.5, 0.6) is 0 Å². The number of benzene rings is 1. The van der Waals surface area contributed by atoms with Crippen LogP contribution in [0.1, 0.15) is 21.5 Å². The van der Waals surface area contributed by atoms with E-state index in [1.165, 1.54) is 0 Å². The van der Waals surface area contributed by atoms with Gasteiger partial charge in [-0.2, -0.15) is 11.8 Å². The number of ketones is 1. The number of rotatable bonds is 6. The summed E-state index contributed by atoms with van der Waals surface area (Å²) < 4.78 is 5.32. The standard InChI is InChI=1S/C16H23NO2S/c1-13-3-4-14(2)15(11-13)16(18)12-20-10-7-17-5-8-19-9-6-17/h3-4,11H,5-10,12H2,1-2H3. The molecule has 20 heavy (non-hydrogen) atoms. The van der Waals surface area contributed by atoms with Crippen LogP contribution in [0.2, 0.25) is 0 Å². The Kier molecular flexibility index (Phi) is 6.07. The average molecular weight is 293 g/mol. The number of thioether (sulfide) groups is 1. The highest BCUT2D eigenvalue weighted by atomic mass is 32.2. The second-order valence-corrected chi connectivity index (χ2v) is 6.35. The molecule has 0 atom stereocenters. The summed E-state index contributed by atoms with van der Waals surface area (Å²) in [6.45, 7) is 8.80. The smallest absolute Gasteiger partial charge is 0.172 e. The lowest BCUT2D eigenvalue weighted by atomic mass is 10.0. The van der Waals surface area contributed by atoms with Crippen molar-refractivity contribution < 1.29 is 9.53 Å². The van der Waals surface area contributed by atoms with Crippen molar-refractivity contribution in [1.82, 2.24) is 4.90 Å². The summed E-state index contributed by atoms with van der Waals surface area (Å²) in [5.41, 5.74) is 3.11. The van der Waals surface area contributed by atoms with Gasteiger partial charge in [0.1, 0.15) is 0 Å². The highest BCUT2D eigenvalue weighted by Crippen LogP contribution is 2.14. The van der Waals surface area contributed by atoms with Gasteiger partial charge in [-0.1, -0.05) is 17.7 Å². The van der Waals surface area contributed by atoms with Gasteiger partial charge in [-0.15, -0.1) is 0 Å². The van der Waals surface area contributed by atoms with Gasteiger partial charge in [0.25, 0.3) is 0 Å². The second kappa shape index (κ2) is 7.81. The number of hydrogen-bond donors (Lipinski definition) is 0. The fourth-order valence-corrected chi connectivity index (χ4v) is 3.17. The van der Waals surface area contributed by atoms with Crippen LogP contribution in [-0.2, 0) is 4.74 Å². The third-order valence-electron chi connectivity index (χ3n) is 3.58. The maximum atomic E-state index is 12.2. The Hall–Kier alpha value is -0.840. The first-order chi connectivity index (χ1) is 9.66. The number of hydrogen-bond acceptors (Lipinski definition) is 4. The molecule has 1 saturated heterocycles. The minimum atomic E-state index is 0.248. The van der Waals surface area contributed by atoms with E-state index in [1.54, 1.807) is 11.8 Å². The van der Waals surface area contributed by atoms with Crippen LogP contribution in [0.15, 0.2) is 18.2 Å². The van der Waals surface area contributed by atoms with Crippen molar-refractivity contribution in [3.8, 4) is 0 Å². The molecule has 0 amide bonds. The van der Waals surface area contributed by atoms with Gasteiger partial charge in [0.05, 0.1) is 19.0 Å². The molecular formula is C16H23NO2S. The third kappa shape index (κ3) is 4.62. The summed E-state index contributed by atoms with van der Waals surface area (Å²) in [7, 11) is 0. The van der Waals surface area contributed by atoms with Crippen molar-refractivity contribution in [3.05, 3.63) is 34.9 Å². The van der Waals surface area contributed by atoms with Gasteiger partial charge in [0.2, 0.25) is 0 Å². The first-order valence-corrected chi connectivity index (χ1v) is 8.30. The van der Waals surface area contributed by atoms with Gasteiger partial charge in [0, 0.05) is 31.0 Å². The average Bonchev–Trinajstić information content (AvgIpc) is 2.47. The maximum absolute atomic E-state index is 12.2. The highest BCUT2D eigenvalue weighted by Gasteiger charge is 2.12. The molecule has 1 aromatic rings. The number of carbonyl (C=O) groups excluding carboxylic acids is 1. The van der Waals surface area contributed by atoms with Crippen molar-refractivity contribution in [2.75, 3.05) is 44.4 Å². The van der Waals surface area contributed by atoms with E-state index in [4.69, 9.17) is 4.74 Å². The van der Waals surface area contributed by atoms with Gasteiger partial charge in [-0.25, -0.2) is 0 Å². The van der Waals surface area contributed by atoms with Crippen LogP contribution < -0.4 is 0 Å². The molecule has 0 spiro atoms. The maximum Gasteiger partial charge on any atom is 0.172 e. The molecule has 1 fully saturated rings. The lowest BCUT2D eigenvalue weighted by Crippen LogP contribution is -2.37. The third-order valence-corrected chi connectivity index (χ3v) is 4.52. The molecule has 0 aliphatic carbocycles. The summed E-state index contributed by atoms with van der Waals surface area (Å²) in [5.74, 6) is 1.84. The van der Waals surface area contributed by atoms with E-state index in [1.807, 2.05) is 26.0 Å². The Morgan fingerprint density at radius 1 is 1.30 bits per heavy atom. The van der Waals surface area contributed by atoms with Crippen molar-refractivity contribution in [1.29, 1.82) is 0 Å². The predicted octanol–water partition coefficient (Wildman–Crippen LogP) is 2.55. The van der Waals surface area contributed by atoms with Crippen LogP contribution in [0.25, 0.3) is 0 Å². The SMILES string of the molecule is Cc1ccc(C)c(C(=O)CSCCN2CCOCC2)c1. The van der Waals surface area contributed by atoms with E-state index in [0.717, 1.165) is 55.3 Å². The zero-order valence-corrected chi connectivity index (χ0v) is 13.2. The minimum Gasteiger partial charge on any atom is -0.379 e. The normalized spacial score (nSPS) is 16.3. The van der Waals surface area contributed by atoms with Gasteiger partial charge in [-0.3, -0.25) is 9.69 Å². The van der Waals surface area contributed by atoms with E-state index in [9.17, 15) is 4.79 Å². The van der Waals surface area contributed by atoms with Crippen molar-refractivity contribution in [3.63, 3.8) is 0 Å². The second-order valence-electron chi connectivity index (χ2n) is 5.25. The molecule has 0 aromatic heterocycles. The molecule has 2 rings (SSSR count). The molecule has 0 saturated carbocycles.